The summed E-state index contributed by atoms with van der Waals surface area (Å²) in [6, 6.07) is 8.31. The molecule has 1 saturated heterocycles. The highest BCUT2D eigenvalue weighted by atomic mass is 32.3. The molecule has 2 aliphatic rings. The second kappa shape index (κ2) is 17.0. The van der Waals surface area contributed by atoms with Crippen LogP contribution in [0.2, 0.25) is 0 Å². The summed E-state index contributed by atoms with van der Waals surface area (Å²) in [6.07, 6.45) is 2.38. The summed E-state index contributed by atoms with van der Waals surface area (Å²) in [5.41, 5.74) is 17.1. The molecule has 5 rings (SSSR count). The van der Waals surface area contributed by atoms with Crippen molar-refractivity contribution in [2.24, 2.45) is 29.6 Å². The highest BCUT2D eigenvalue weighted by Crippen LogP contribution is 2.37. The van der Waals surface area contributed by atoms with Gasteiger partial charge in [-0.3, -0.25) is 14.4 Å². The molecule has 2 aliphatic heterocycles. The van der Waals surface area contributed by atoms with Gasteiger partial charge in [0, 0.05) is 23.4 Å². The largest absolute Gasteiger partial charge is 0.724 e. The van der Waals surface area contributed by atoms with Crippen molar-refractivity contribution in [1.82, 2.24) is 15.4 Å². The number of amides is 2. The van der Waals surface area contributed by atoms with Gasteiger partial charge in [0.25, 0.3) is 23.9 Å². The van der Waals surface area contributed by atoms with Gasteiger partial charge in [-0.05, 0) is 81.9 Å². The molecule has 3 atom stereocenters. The summed E-state index contributed by atoms with van der Waals surface area (Å²) in [4.78, 5) is 56.9. The van der Waals surface area contributed by atoms with Crippen LogP contribution in [0.4, 0.5) is 5.13 Å². The van der Waals surface area contributed by atoms with Crippen LogP contribution in [0.5, 0.6) is 5.75 Å². The van der Waals surface area contributed by atoms with E-state index in [1.165, 1.54) is 26.2 Å². The van der Waals surface area contributed by atoms with Crippen molar-refractivity contribution in [3.63, 3.8) is 0 Å². The van der Waals surface area contributed by atoms with Crippen molar-refractivity contribution in [2.75, 3.05) is 18.8 Å². The molecule has 1 fully saturated rings. The van der Waals surface area contributed by atoms with E-state index in [1.807, 2.05) is 42.1 Å². The number of nitrogen functional groups attached to an aromatic ring is 1. The van der Waals surface area contributed by atoms with E-state index in [1.54, 1.807) is 6.07 Å². The van der Waals surface area contributed by atoms with Crippen LogP contribution in [-0.4, -0.2) is 99.6 Å². The number of carbonyl (C=O) groups excluding carboxylic acids is 2. The first-order chi connectivity index (χ1) is 25.8. The summed E-state index contributed by atoms with van der Waals surface area (Å²) in [5, 5.41) is 25.3. The molecule has 298 valence electrons. The number of aliphatic carboxylic acids is 1. The molecular formula is C33H42N8O12S2. The number of nitrogens with two attached hydrogens (primary N) is 3. The van der Waals surface area contributed by atoms with Gasteiger partial charge in [0.15, 0.2) is 28.8 Å². The first-order valence-corrected chi connectivity index (χ1v) is 18.8. The van der Waals surface area contributed by atoms with Crippen molar-refractivity contribution >= 4 is 56.8 Å². The van der Waals surface area contributed by atoms with Gasteiger partial charge < -0.3 is 46.9 Å². The van der Waals surface area contributed by atoms with Crippen molar-refractivity contribution in [3.05, 3.63) is 58.9 Å². The Morgan fingerprint density at radius 2 is 1.93 bits per heavy atom. The lowest BCUT2D eigenvalue weighted by molar-refractivity contribution is -0.679. The molecule has 55 heavy (non-hydrogen) atoms. The van der Waals surface area contributed by atoms with Gasteiger partial charge in [-0.1, -0.05) is 11.2 Å². The average Bonchev–Trinajstić information content (AvgIpc) is 3.56. The molecule has 0 saturated carbocycles. The van der Waals surface area contributed by atoms with E-state index < -0.39 is 57.2 Å². The molecule has 9 N–H and O–H groups in total. The zero-order chi connectivity index (χ0) is 40.9. The lowest BCUT2D eigenvalue weighted by Crippen LogP contribution is -2.76. The topological polar surface area (TPSA) is 316 Å². The quantitative estimate of drug-likeness (QED) is 0.0226. The lowest BCUT2D eigenvalue weighted by Gasteiger charge is -2.51. The molecule has 0 spiro atoms. The first kappa shape index (κ1) is 42.5. The van der Waals surface area contributed by atoms with Crippen molar-refractivity contribution in [3.8, 4) is 16.9 Å². The van der Waals surface area contributed by atoms with Crippen molar-refractivity contribution in [1.29, 1.82) is 0 Å². The number of anilines is 1. The number of fused-ring (bicyclic) bond motifs is 1. The monoisotopic (exact) mass is 806 g/mol. The summed E-state index contributed by atoms with van der Waals surface area (Å²) < 4.78 is 45.7. The van der Waals surface area contributed by atoms with Crippen LogP contribution >= 0.6 is 11.3 Å². The molecule has 22 heteroatoms. The minimum Gasteiger partial charge on any atom is -0.724 e. The Morgan fingerprint density at radius 1 is 1.27 bits per heavy atom. The smallest absolute Gasteiger partial charge is 0.354 e. The van der Waals surface area contributed by atoms with Gasteiger partial charge >= 0.3 is 5.97 Å². The fourth-order valence-electron chi connectivity index (χ4n) is 5.93. The van der Waals surface area contributed by atoms with Gasteiger partial charge in [-0.25, -0.2) is 22.8 Å². The van der Waals surface area contributed by atoms with Gasteiger partial charge in [0.2, 0.25) is 10.4 Å². The van der Waals surface area contributed by atoms with E-state index in [2.05, 4.69) is 19.7 Å². The number of thiazole rings is 1. The van der Waals surface area contributed by atoms with Crippen LogP contribution in [-0.2, 0) is 58.6 Å². The third-order valence-corrected chi connectivity index (χ3v) is 10.2. The molecular weight excluding hydrogens is 765 g/mol. The number of nitrogens with one attached hydrogen (secondary N) is 1. The molecule has 1 aromatic carbocycles. The minimum absolute atomic E-state index is 0.0555. The Morgan fingerprint density at radius 3 is 2.47 bits per heavy atom. The Labute approximate surface area is 319 Å². The minimum atomic E-state index is -5.28. The summed E-state index contributed by atoms with van der Waals surface area (Å²) in [7, 11) is -3.32. The number of carboxylic acid groups (broad SMARTS) is 2. The number of hydrogen-bond acceptors (Lipinski definition) is 16. The number of aryl methyl sites for hydroxylation is 2. The number of carboxylic acids is 1. The van der Waals surface area contributed by atoms with E-state index in [0.717, 1.165) is 40.1 Å². The normalized spacial score (nSPS) is 18.8. The van der Waals surface area contributed by atoms with Crippen LogP contribution in [0.3, 0.4) is 0 Å². The van der Waals surface area contributed by atoms with Crippen LogP contribution in [0.25, 0.3) is 11.1 Å². The number of aromatic nitrogens is 2. The van der Waals surface area contributed by atoms with E-state index >= 15 is 0 Å². The number of rotatable bonds is 14. The average molecular weight is 807 g/mol. The maximum absolute atomic E-state index is 13.5. The lowest BCUT2D eigenvalue weighted by atomic mass is 9.84. The molecule has 20 nitrogen and oxygen atoms in total. The molecule has 0 unspecified atom stereocenters. The maximum Gasteiger partial charge on any atom is 0.354 e. The Bertz CT molecular complexity index is 2070. The Hall–Kier alpha value is -5.26. The zero-order valence-electron chi connectivity index (χ0n) is 30.2. The van der Waals surface area contributed by atoms with Crippen LogP contribution in [0.15, 0.2) is 47.1 Å². The van der Waals surface area contributed by atoms with Crippen LogP contribution in [0, 0.1) is 5.92 Å². The first-order valence-electron chi connectivity index (χ1n) is 16.6. The number of oxime groups is 1. The maximum atomic E-state index is 13.5. The third kappa shape index (κ3) is 9.52. The predicted octanol–water partition coefficient (Wildman–Crippen LogP) is -0.551. The summed E-state index contributed by atoms with van der Waals surface area (Å²) >= 11 is 0.963. The third-order valence-electron chi connectivity index (χ3n) is 9.21. The SMILES string of the molecule is C[n+]1cc(-c2ccc3c(c2)CC[C@H]([C@](C)(O/N=C(\C(=O)N[C@@H]2C(=O)N(OS(=O)(=O)[O-])C2(C)C)c2csc(N)n2)C(=O)O)O3)ccc1CC(CN)CN.O=CO. The number of β-lactam (4-membered cyclic amide) rings is 1. The van der Waals surface area contributed by atoms with E-state index in [-0.39, 0.29) is 29.6 Å². The Kier molecular flexibility index (Phi) is 13.2. The predicted molar refractivity (Wildman–Crippen MR) is 194 cm³/mol. The number of ether oxygens (including phenoxy) is 1. The summed E-state index contributed by atoms with van der Waals surface area (Å²) in [6.45, 7) is 4.70. The number of hydrogen-bond donors (Lipinski definition) is 6. The molecule has 2 amide bonds. The highest BCUT2D eigenvalue weighted by Gasteiger charge is 2.57. The van der Waals surface area contributed by atoms with Gasteiger partial charge in [-0.2, -0.15) is 9.35 Å². The fourth-order valence-corrected chi connectivity index (χ4v) is 6.92. The van der Waals surface area contributed by atoms with E-state index in [4.69, 9.17) is 36.7 Å². The standard InChI is InChI=1S/C32H40N8O10S2.CH2O2/c1-31(2)26(28(42)40(31)50-52(45,46)47)37-27(41)25(22-16-51-30(35)36-22)38-49-32(3,29(43)44)24-10-7-19-12-18(6-9-23(19)48-24)20-5-8-21(39(4)15-20)11-17(13-33)14-34;2-1-3/h5-6,8-9,12,15-17,24,26H,7,10-11,13-14,33-34H2,1-4H3,(H4-,35,36,37,41,43,44,45,46,47);1H,(H,2,3)/b38-25-;/t24-,26-,32+;/m1./s1. The fraction of sp³-hybridized carbons (Fsp3) is 0.424. The Balaban J connectivity index is 0.00000217. The van der Waals surface area contributed by atoms with Crippen LogP contribution < -0.4 is 31.8 Å². The van der Waals surface area contributed by atoms with Gasteiger partial charge in [-0.15, -0.1) is 11.3 Å². The number of pyridine rings is 1. The number of carbonyl (C=O) groups is 4. The molecule has 4 heterocycles. The van der Waals surface area contributed by atoms with E-state index in [9.17, 15) is 32.5 Å². The zero-order valence-corrected chi connectivity index (χ0v) is 31.8. The highest BCUT2D eigenvalue weighted by molar-refractivity contribution is 7.80. The molecule has 2 aromatic heterocycles. The van der Waals surface area contributed by atoms with Gasteiger partial charge in [0.1, 0.15) is 24.5 Å². The van der Waals surface area contributed by atoms with E-state index in [0.29, 0.717) is 30.3 Å². The molecule has 0 radical (unpaired) electrons. The second-order valence-corrected chi connectivity index (χ2v) is 15.2. The number of nitrogens with zero attached hydrogens (tertiary/aromatic N) is 4. The van der Waals surface area contributed by atoms with Crippen molar-refractivity contribution < 1.29 is 60.8 Å². The molecule has 0 bridgehead atoms. The number of benzene rings is 1. The second-order valence-electron chi connectivity index (χ2n) is 13.3. The summed E-state index contributed by atoms with van der Waals surface area (Å²) in [5.74, 6) is -2.85. The van der Waals surface area contributed by atoms with Crippen LogP contribution in [0.1, 0.15) is 44.1 Å². The van der Waals surface area contributed by atoms with Crippen molar-refractivity contribution in [2.45, 2.75) is 63.3 Å². The van der Waals surface area contributed by atoms with Gasteiger partial charge in [0.05, 0.1) is 5.54 Å². The number of hydroxylamine groups is 2. The molecule has 3 aromatic rings. The molecule has 0 aliphatic carbocycles.